The molecule has 3 heterocycles. The lowest BCUT2D eigenvalue weighted by Gasteiger charge is -2.19. The first-order chi connectivity index (χ1) is 11.3. The lowest BCUT2D eigenvalue weighted by Crippen LogP contribution is -2.19. The molecule has 4 rings (SSSR count). The Labute approximate surface area is 137 Å². The van der Waals surface area contributed by atoms with Gasteiger partial charge in [-0.3, -0.25) is 9.82 Å². The molecule has 0 aromatic carbocycles. The van der Waals surface area contributed by atoms with Crippen molar-refractivity contribution in [3.05, 3.63) is 53.5 Å². The maximum Gasteiger partial charge on any atom is 0.255 e. The van der Waals surface area contributed by atoms with Crippen LogP contribution in [-0.4, -0.2) is 21.6 Å². The average molecular weight is 322 g/mol. The van der Waals surface area contributed by atoms with E-state index in [1.54, 1.807) is 28.8 Å². The van der Waals surface area contributed by atoms with E-state index >= 15 is 0 Å². The van der Waals surface area contributed by atoms with Gasteiger partial charge in [0.25, 0.3) is 5.95 Å². The standard InChI is InChI=1S/C17H14N4OS/c1-2-22-21(14-8-12-5-7-23-11-13(12)9-14)17-19-10-16-15(20-17)4-3-6-18-16/h3-11H,2H2,1H3. The second kappa shape index (κ2) is 5.91. The molecule has 0 atom stereocenters. The molecule has 23 heavy (non-hydrogen) atoms. The molecule has 2 aliphatic rings. The molecule has 2 aromatic rings. The first-order valence-corrected chi connectivity index (χ1v) is 8.26. The van der Waals surface area contributed by atoms with E-state index in [2.05, 4.69) is 43.9 Å². The molecule has 6 heteroatoms. The van der Waals surface area contributed by atoms with Crippen LogP contribution in [0.25, 0.3) is 22.2 Å². The summed E-state index contributed by atoms with van der Waals surface area (Å²) in [6, 6.07) is 10.0. The average Bonchev–Trinajstić information content (AvgIpc) is 3.03. The monoisotopic (exact) mass is 322 g/mol. The highest BCUT2D eigenvalue weighted by Crippen LogP contribution is 2.35. The number of fused-ring (bicyclic) bond motifs is 2. The van der Waals surface area contributed by atoms with Crippen LogP contribution in [0.2, 0.25) is 0 Å². The minimum Gasteiger partial charge on any atom is -0.266 e. The molecule has 0 amide bonds. The molecule has 1 aliphatic heterocycles. The van der Waals surface area contributed by atoms with E-state index in [-0.39, 0.29) is 0 Å². The number of hydrogen-bond donors (Lipinski definition) is 0. The summed E-state index contributed by atoms with van der Waals surface area (Å²) in [5.74, 6) is 0.506. The van der Waals surface area contributed by atoms with Gasteiger partial charge in [-0.2, -0.15) is 16.4 Å². The smallest absolute Gasteiger partial charge is 0.255 e. The highest BCUT2D eigenvalue weighted by Gasteiger charge is 2.17. The highest BCUT2D eigenvalue weighted by molar-refractivity contribution is 7.07. The molecule has 0 radical (unpaired) electrons. The normalized spacial score (nSPS) is 11.2. The van der Waals surface area contributed by atoms with Gasteiger partial charge < -0.3 is 0 Å². The summed E-state index contributed by atoms with van der Waals surface area (Å²) in [7, 11) is 0. The summed E-state index contributed by atoms with van der Waals surface area (Å²) < 4.78 is 0. The zero-order chi connectivity index (χ0) is 15.6. The minimum atomic E-state index is 0.506. The fourth-order valence-electron chi connectivity index (χ4n) is 2.45. The van der Waals surface area contributed by atoms with Crippen molar-refractivity contribution in [2.75, 3.05) is 11.7 Å². The molecule has 114 valence electrons. The van der Waals surface area contributed by atoms with Gasteiger partial charge in [0.05, 0.1) is 24.0 Å². The molecule has 0 unspecified atom stereocenters. The second-order valence-electron chi connectivity index (χ2n) is 4.97. The van der Waals surface area contributed by atoms with Crippen LogP contribution in [-0.2, 0) is 4.84 Å². The first kappa shape index (κ1) is 14.0. The molecular formula is C17H14N4OS. The Kier molecular flexibility index (Phi) is 3.61. The molecule has 0 bridgehead atoms. The van der Waals surface area contributed by atoms with Gasteiger partial charge in [0, 0.05) is 6.20 Å². The van der Waals surface area contributed by atoms with Crippen molar-refractivity contribution >= 4 is 34.0 Å². The lowest BCUT2D eigenvalue weighted by molar-refractivity contribution is 0.146. The fraction of sp³-hybridized carbons (Fsp3) is 0.118. The number of pyridine rings is 1. The Bertz CT molecular complexity index is 893. The summed E-state index contributed by atoms with van der Waals surface area (Å²) in [5, 5.41) is 5.86. The predicted molar refractivity (Wildman–Crippen MR) is 92.0 cm³/mol. The highest BCUT2D eigenvalue weighted by atomic mass is 32.1. The zero-order valence-corrected chi connectivity index (χ0v) is 13.3. The predicted octanol–water partition coefficient (Wildman–Crippen LogP) is 4.28. The number of aromatic nitrogens is 3. The summed E-state index contributed by atoms with van der Waals surface area (Å²) in [6.45, 7) is 2.47. The maximum atomic E-state index is 5.78. The topological polar surface area (TPSA) is 51.1 Å². The maximum absolute atomic E-state index is 5.78. The summed E-state index contributed by atoms with van der Waals surface area (Å²) >= 11 is 1.67. The van der Waals surface area contributed by atoms with Crippen LogP contribution in [0.15, 0.2) is 53.5 Å². The Morgan fingerprint density at radius 3 is 2.91 bits per heavy atom. The second-order valence-corrected chi connectivity index (χ2v) is 5.75. The SMILES string of the molecule is CCON(c1cc2ccscc-2c1)c1ncc2ncccc2n1. The first-order valence-electron chi connectivity index (χ1n) is 7.32. The van der Waals surface area contributed by atoms with Crippen molar-refractivity contribution < 1.29 is 4.84 Å². The van der Waals surface area contributed by atoms with Gasteiger partial charge in [-0.25, -0.2) is 9.97 Å². The van der Waals surface area contributed by atoms with E-state index in [9.17, 15) is 0 Å². The summed E-state index contributed by atoms with van der Waals surface area (Å²) in [5.41, 5.74) is 4.83. The molecule has 0 N–H and O–H groups in total. The Morgan fingerprint density at radius 2 is 2.04 bits per heavy atom. The van der Waals surface area contributed by atoms with E-state index < -0.39 is 0 Å². The van der Waals surface area contributed by atoms with E-state index in [1.165, 1.54) is 11.1 Å². The van der Waals surface area contributed by atoms with E-state index in [0.29, 0.717) is 12.6 Å². The van der Waals surface area contributed by atoms with Crippen molar-refractivity contribution in [2.24, 2.45) is 0 Å². The quantitative estimate of drug-likeness (QED) is 0.525. The van der Waals surface area contributed by atoms with Crippen molar-refractivity contribution in [1.29, 1.82) is 0 Å². The van der Waals surface area contributed by atoms with Crippen molar-refractivity contribution in [1.82, 2.24) is 15.0 Å². The van der Waals surface area contributed by atoms with Crippen molar-refractivity contribution in [3.8, 4) is 11.1 Å². The fourth-order valence-corrected chi connectivity index (χ4v) is 3.10. The van der Waals surface area contributed by atoms with Crippen LogP contribution in [0.4, 0.5) is 11.6 Å². The molecular weight excluding hydrogens is 308 g/mol. The summed E-state index contributed by atoms with van der Waals surface area (Å²) in [6.07, 6.45) is 3.45. The third kappa shape index (κ3) is 2.62. The number of hydrogen-bond acceptors (Lipinski definition) is 6. The number of rotatable bonds is 4. The van der Waals surface area contributed by atoms with Gasteiger partial charge in [0.15, 0.2) is 0 Å². The molecule has 0 saturated heterocycles. The summed E-state index contributed by atoms with van der Waals surface area (Å²) in [4.78, 5) is 19.0. The van der Waals surface area contributed by atoms with Gasteiger partial charge in [0.2, 0.25) is 0 Å². The Morgan fingerprint density at radius 1 is 1.13 bits per heavy atom. The Balaban J connectivity index is 1.81. The van der Waals surface area contributed by atoms with Gasteiger partial charge in [0.1, 0.15) is 5.52 Å². The van der Waals surface area contributed by atoms with E-state index in [4.69, 9.17) is 4.84 Å². The van der Waals surface area contributed by atoms with Crippen LogP contribution in [0.3, 0.4) is 0 Å². The third-order valence-corrected chi connectivity index (χ3v) is 4.16. The molecule has 0 saturated carbocycles. The van der Waals surface area contributed by atoms with Crippen LogP contribution >= 0.6 is 11.3 Å². The van der Waals surface area contributed by atoms with Crippen LogP contribution in [0, 0.1) is 0 Å². The molecule has 5 nitrogen and oxygen atoms in total. The van der Waals surface area contributed by atoms with Gasteiger partial charge in [-0.1, -0.05) is 0 Å². The molecule has 0 fully saturated rings. The molecule has 2 aromatic heterocycles. The lowest BCUT2D eigenvalue weighted by atomic mass is 10.2. The van der Waals surface area contributed by atoms with Crippen LogP contribution in [0.1, 0.15) is 6.92 Å². The van der Waals surface area contributed by atoms with E-state index in [1.807, 2.05) is 19.1 Å². The molecule has 1 aliphatic carbocycles. The minimum absolute atomic E-state index is 0.506. The number of anilines is 2. The van der Waals surface area contributed by atoms with Crippen LogP contribution < -0.4 is 5.06 Å². The van der Waals surface area contributed by atoms with Gasteiger partial charge in [-0.15, -0.1) is 0 Å². The van der Waals surface area contributed by atoms with Crippen molar-refractivity contribution in [3.63, 3.8) is 0 Å². The largest absolute Gasteiger partial charge is 0.266 e. The zero-order valence-electron chi connectivity index (χ0n) is 12.5. The van der Waals surface area contributed by atoms with Gasteiger partial charge >= 0.3 is 0 Å². The Hall–Kier alpha value is -2.57. The van der Waals surface area contributed by atoms with Gasteiger partial charge in [-0.05, 0) is 59.1 Å². The van der Waals surface area contributed by atoms with Crippen molar-refractivity contribution in [2.45, 2.75) is 6.92 Å². The third-order valence-electron chi connectivity index (χ3n) is 3.47. The number of nitrogens with zero attached hydrogens (tertiary/aromatic N) is 4. The van der Waals surface area contributed by atoms with Crippen LogP contribution in [0.5, 0.6) is 0 Å². The van der Waals surface area contributed by atoms with E-state index in [0.717, 1.165) is 16.7 Å². The molecule has 0 spiro atoms.